The third-order valence-corrected chi connectivity index (χ3v) is 4.59. The van der Waals surface area contributed by atoms with E-state index in [1.807, 2.05) is 59.2 Å². The zero-order chi connectivity index (χ0) is 17.1. The van der Waals surface area contributed by atoms with Crippen LogP contribution >= 0.6 is 23.4 Å². The molecule has 124 valence electrons. The number of halogens is 1. The van der Waals surface area contributed by atoms with Gasteiger partial charge < -0.3 is 4.52 Å². The second-order valence-electron chi connectivity index (χ2n) is 5.13. The lowest BCUT2D eigenvalue weighted by Crippen LogP contribution is -1.95. The van der Waals surface area contributed by atoms with E-state index in [4.69, 9.17) is 16.1 Å². The number of nitrogens with zero attached hydrogens (tertiary/aromatic N) is 5. The summed E-state index contributed by atoms with van der Waals surface area (Å²) in [5.74, 6) is 1.61. The van der Waals surface area contributed by atoms with Crippen molar-refractivity contribution < 1.29 is 4.52 Å². The van der Waals surface area contributed by atoms with Gasteiger partial charge >= 0.3 is 0 Å². The molecule has 0 aliphatic heterocycles. The first-order chi connectivity index (χ1) is 12.3. The average molecular weight is 370 g/mol. The number of hydrogen-bond donors (Lipinski definition) is 0. The minimum absolute atomic E-state index is 0.499. The Bertz CT molecular complexity index is 985. The Hall–Kier alpha value is -2.64. The van der Waals surface area contributed by atoms with E-state index < -0.39 is 0 Å². The first kappa shape index (κ1) is 15.9. The van der Waals surface area contributed by atoms with Gasteiger partial charge in [-0.15, -0.1) is 10.2 Å². The van der Waals surface area contributed by atoms with E-state index in [1.165, 1.54) is 11.8 Å². The maximum Gasteiger partial charge on any atom is 0.237 e. The molecule has 0 saturated heterocycles. The summed E-state index contributed by atoms with van der Waals surface area (Å²) in [4.78, 5) is 4.42. The summed E-state index contributed by atoms with van der Waals surface area (Å²) in [6, 6.07) is 17.2. The first-order valence-corrected chi connectivity index (χ1v) is 8.83. The molecule has 25 heavy (non-hydrogen) atoms. The van der Waals surface area contributed by atoms with Crippen LogP contribution in [0.4, 0.5) is 0 Å². The summed E-state index contributed by atoms with van der Waals surface area (Å²) in [6.45, 7) is 0. The molecule has 0 spiro atoms. The van der Waals surface area contributed by atoms with E-state index in [2.05, 4.69) is 20.3 Å². The molecule has 0 bridgehead atoms. The zero-order valence-corrected chi connectivity index (χ0v) is 14.5. The van der Waals surface area contributed by atoms with E-state index in [1.54, 1.807) is 6.33 Å². The maximum atomic E-state index is 6.05. The summed E-state index contributed by atoms with van der Waals surface area (Å²) in [6.07, 6.45) is 1.65. The molecule has 4 aromatic rings. The van der Waals surface area contributed by atoms with Crippen LogP contribution in [0.5, 0.6) is 0 Å². The van der Waals surface area contributed by atoms with Gasteiger partial charge in [0.15, 0.2) is 5.16 Å². The molecule has 4 rings (SSSR count). The number of aromatic nitrogens is 5. The van der Waals surface area contributed by atoms with Crippen LogP contribution in [0.25, 0.3) is 17.1 Å². The summed E-state index contributed by atoms with van der Waals surface area (Å²) in [5.41, 5.74) is 1.82. The molecule has 0 atom stereocenters. The molecule has 0 aliphatic rings. The molecule has 6 nitrogen and oxygen atoms in total. The third-order valence-electron chi connectivity index (χ3n) is 3.43. The van der Waals surface area contributed by atoms with Crippen molar-refractivity contribution in [3.05, 3.63) is 71.8 Å². The quantitative estimate of drug-likeness (QED) is 0.489. The van der Waals surface area contributed by atoms with E-state index >= 15 is 0 Å². The van der Waals surface area contributed by atoms with Gasteiger partial charge in [0.25, 0.3) is 0 Å². The van der Waals surface area contributed by atoms with E-state index in [0.717, 1.165) is 16.4 Å². The zero-order valence-electron chi connectivity index (χ0n) is 12.9. The van der Waals surface area contributed by atoms with Crippen molar-refractivity contribution in [2.24, 2.45) is 0 Å². The second-order valence-corrected chi connectivity index (χ2v) is 6.51. The number of hydrogen-bond acceptors (Lipinski definition) is 6. The van der Waals surface area contributed by atoms with Crippen LogP contribution in [0.1, 0.15) is 5.89 Å². The third kappa shape index (κ3) is 3.57. The van der Waals surface area contributed by atoms with Gasteiger partial charge in [0, 0.05) is 10.6 Å². The first-order valence-electron chi connectivity index (χ1n) is 7.46. The highest BCUT2D eigenvalue weighted by molar-refractivity contribution is 7.98. The fraction of sp³-hybridized carbons (Fsp3) is 0.0588. The molecule has 0 radical (unpaired) electrons. The fourth-order valence-corrected chi connectivity index (χ4v) is 3.22. The molecule has 0 unspecified atom stereocenters. The molecule has 0 N–H and O–H groups in total. The Morgan fingerprint density at radius 1 is 1.08 bits per heavy atom. The van der Waals surface area contributed by atoms with Crippen molar-refractivity contribution >= 4 is 23.4 Å². The monoisotopic (exact) mass is 369 g/mol. The van der Waals surface area contributed by atoms with Gasteiger partial charge in [-0.2, -0.15) is 4.98 Å². The van der Waals surface area contributed by atoms with Crippen molar-refractivity contribution in [1.29, 1.82) is 0 Å². The predicted molar refractivity (Wildman–Crippen MR) is 95.7 cm³/mol. The van der Waals surface area contributed by atoms with Gasteiger partial charge in [-0.3, -0.25) is 4.57 Å². The number of rotatable bonds is 5. The summed E-state index contributed by atoms with van der Waals surface area (Å²) >= 11 is 7.52. The van der Waals surface area contributed by atoms with Crippen LogP contribution in [0.15, 0.2) is 70.6 Å². The molecule has 2 heterocycles. The molecule has 8 heteroatoms. The molecular formula is C17H12ClN5OS. The largest absolute Gasteiger partial charge is 0.338 e. The van der Waals surface area contributed by atoms with E-state index in [9.17, 15) is 0 Å². The molecule has 0 saturated carbocycles. The normalized spacial score (nSPS) is 10.9. The van der Waals surface area contributed by atoms with Crippen LogP contribution < -0.4 is 0 Å². The Balaban J connectivity index is 1.50. The van der Waals surface area contributed by atoms with Crippen molar-refractivity contribution in [1.82, 2.24) is 24.9 Å². The lowest BCUT2D eigenvalue weighted by atomic mass is 10.2. The molecule has 0 amide bonds. The topological polar surface area (TPSA) is 69.6 Å². The lowest BCUT2D eigenvalue weighted by Gasteiger charge is -2.05. The minimum atomic E-state index is 0.499. The number of thioether (sulfide) groups is 1. The van der Waals surface area contributed by atoms with Crippen molar-refractivity contribution in [3.8, 4) is 17.1 Å². The van der Waals surface area contributed by atoms with Crippen LogP contribution in [0, 0.1) is 0 Å². The highest BCUT2D eigenvalue weighted by Gasteiger charge is 2.12. The van der Waals surface area contributed by atoms with Gasteiger partial charge in [0.1, 0.15) is 6.33 Å². The van der Waals surface area contributed by atoms with Crippen molar-refractivity contribution in [3.63, 3.8) is 0 Å². The minimum Gasteiger partial charge on any atom is -0.338 e. The highest BCUT2D eigenvalue weighted by Crippen LogP contribution is 2.25. The van der Waals surface area contributed by atoms with E-state index in [0.29, 0.717) is 22.5 Å². The SMILES string of the molecule is Clc1cccc(-n2cnnc2SCc2nc(-c3ccccc3)no2)c1. The summed E-state index contributed by atoms with van der Waals surface area (Å²) in [5, 5.41) is 13.5. The van der Waals surface area contributed by atoms with Crippen LogP contribution in [-0.4, -0.2) is 24.9 Å². The number of benzene rings is 2. The van der Waals surface area contributed by atoms with Gasteiger partial charge in [-0.1, -0.05) is 64.9 Å². The molecular weight excluding hydrogens is 358 g/mol. The van der Waals surface area contributed by atoms with Gasteiger partial charge in [-0.25, -0.2) is 0 Å². The highest BCUT2D eigenvalue weighted by atomic mass is 35.5. The van der Waals surface area contributed by atoms with E-state index in [-0.39, 0.29) is 0 Å². The summed E-state index contributed by atoms with van der Waals surface area (Å²) in [7, 11) is 0. The smallest absolute Gasteiger partial charge is 0.237 e. The molecule has 2 aromatic heterocycles. The van der Waals surface area contributed by atoms with Crippen LogP contribution in [0.3, 0.4) is 0 Å². The molecule has 2 aromatic carbocycles. The Morgan fingerprint density at radius 2 is 1.96 bits per heavy atom. The van der Waals surface area contributed by atoms with Crippen LogP contribution in [-0.2, 0) is 5.75 Å². The Morgan fingerprint density at radius 3 is 2.80 bits per heavy atom. The lowest BCUT2D eigenvalue weighted by molar-refractivity contribution is 0.391. The predicted octanol–water partition coefficient (Wildman–Crippen LogP) is 4.26. The Kier molecular flexibility index (Phi) is 4.49. The molecule has 0 fully saturated rings. The van der Waals surface area contributed by atoms with Crippen LogP contribution in [0.2, 0.25) is 5.02 Å². The Labute approximate surface area is 152 Å². The summed E-state index contributed by atoms with van der Waals surface area (Å²) < 4.78 is 7.19. The second kappa shape index (κ2) is 7.08. The van der Waals surface area contributed by atoms with Crippen molar-refractivity contribution in [2.75, 3.05) is 0 Å². The average Bonchev–Trinajstić information content (AvgIpc) is 3.30. The standard InChI is InChI=1S/C17H12ClN5OS/c18-13-7-4-8-14(9-13)23-11-19-21-17(23)25-10-15-20-16(22-24-15)12-5-2-1-3-6-12/h1-9,11H,10H2. The fourth-order valence-electron chi connectivity index (χ4n) is 2.27. The van der Waals surface area contributed by atoms with Gasteiger partial charge in [-0.05, 0) is 18.2 Å². The van der Waals surface area contributed by atoms with Gasteiger partial charge in [0.2, 0.25) is 11.7 Å². The van der Waals surface area contributed by atoms with Crippen molar-refractivity contribution in [2.45, 2.75) is 10.9 Å². The molecule has 0 aliphatic carbocycles. The van der Waals surface area contributed by atoms with Gasteiger partial charge in [0.05, 0.1) is 11.4 Å². The maximum absolute atomic E-state index is 6.05.